The Balaban J connectivity index is 3.30. The molecule has 0 aromatic heterocycles. The molecule has 1 saturated carbocycles. The predicted molar refractivity (Wildman–Crippen MR) is 106 cm³/mol. The van der Waals surface area contributed by atoms with Crippen LogP contribution in [0.5, 0.6) is 0 Å². The lowest BCUT2D eigenvalue weighted by atomic mass is 9.65. The van der Waals surface area contributed by atoms with Crippen molar-refractivity contribution in [3.8, 4) is 0 Å². The van der Waals surface area contributed by atoms with Crippen LogP contribution in [0.1, 0.15) is 46.5 Å². The molecule has 0 spiro atoms. The molecule has 0 aromatic carbocycles. The van der Waals surface area contributed by atoms with E-state index in [4.69, 9.17) is 4.74 Å². The number of halogens is 12. The van der Waals surface area contributed by atoms with E-state index < -0.39 is 104 Å². The summed E-state index contributed by atoms with van der Waals surface area (Å²) in [5, 5.41) is 19.3. The molecule has 2 atom stereocenters. The molecule has 0 amide bonds. The number of hydrogen-bond donors (Lipinski definition) is 2. The second-order valence-corrected chi connectivity index (χ2v) is 9.84. The largest absolute Gasteiger partial charge is 0.508 e. The van der Waals surface area contributed by atoms with Crippen LogP contribution >= 0.6 is 0 Å². The monoisotopic (exact) mass is 618 g/mol. The lowest BCUT2D eigenvalue weighted by Gasteiger charge is -2.48. The SMILES string of the molecule is CCC(C)(C)C(=O)OCCOC(=O)OC1CC(C(O)(C(F)(F)F)C(F)(F)F)CC(C(O)(C(F)(F)F)C(F)(F)F)C1. The van der Waals surface area contributed by atoms with Gasteiger partial charge in [0, 0.05) is 11.8 Å². The first kappa shape index (κ1) is 35.8. The van der Waals surface area contributed by atoms with Gasteiger partial charge >= 0.3 is 36.8 Å². The summed E-state index contributed by atoms with van der Waals surface area (Å²) >= 11 is 0. The van der Waals surface area contributed by atoms with Crippen molar-refractivity contribution in [1.82, 2.24) is 0 Å². The number of rotatable bonds is 8. The van der Waals surface area contributed by atoms with E-state index in [-0.39, 0.29) is 0 Å². The van der Waals surface area contributed by atoms with Crippen molar-refractivity contribution >= 4 is 12.1 Å². The molecule has 40 heavy (non-hydrogen) atoms. The molecule has 1 rings (SSSR count). The minimum absolute atomic E-state index is 0.323. The third kappa shape index (κ3) is 7.17. The maximum atomic E-state index is 13.4. The minimum Gasteiger partial charge on any atom is -0.462 e. The Morgan fingerprint density at radius 1 is 0.675 bits per heavy atom. The Labute approximate surface area is 218 Å². The van der Waals surface area contributed by atoms with Gasteiger partial charge < -0.3 is 24.4 Å². The number of aliphatic hydroxyl groups is 2. The third-order valence-corrected chi connectivity index (χ3v) is 6.81. The van der Waals surface area contributed by atoms with Crippen molar-refractivity contribution in [2.75, 3.05) is 13.2 Å². The molecule has 236 valence electrons. The molecule has 0 radical (unpaired) electrons. The van der Waals surface area contributed by atoms with Gasteiger partial charge in [0.05, 0.1) is 5.41 Å². The smallest absolute Gasteiger partial charge is 0.462 e. The molecule has 1 aliphatic carbocycles. The highest BCUT2D eigenvalue weighted by molar-refractivity contribution is 5.75. The predicted octanol–water partition coefficient (Wildman–Crippen LogP) is 5.62. The summed E-state index contributed by atoms with van der Waals surface area (Å²) in [7, 11) is 0. The summed E-state index contributed by atoms with van der Waals surface area (Å²) in [6.45, 7) is 3.15. The fourth-order valence-corrected chi connectivity index (χ4v) is 4.06. The van der Waals surface area contributed by atoms with E-state index in [1.807, 2.05) is 0 Å². The van der Waals surface area contributed by atoms with Crippen LogP contribution in [0.3, 0.4) is 0 Å². The van der Waals surface area contributed by atoms with Crippen LogP contribution in [0.25, 0.3) is 0 Å². The number of esters is 1. The van der Waals surface area contributed by atoms with Crippen LogP contribution in [0.4, 0.5) is 57.5 Å². The number of carbonyl (C=O) groups excluding carboxylic acids is 2. The van der Waals surface area contributed by atoms with Crippen LogP contribution in [0, 0.1) is 17.3 Å². The van der Waals surface area contributed by atoms with Gasteiger partial charge in [0.2, 0.25) is 0 Å². The Bertz CT molecular complexity index is 818. The average Bonchev–Trinajstić information content (AvgIpc) is 2.77. The summed E-state index contributed by atoms with van der Waals surface area (Å²) in [5.41, 5.74) is -12.7. The van der Waals surface area contributed by atoms with E-state index in [1.165, 1.54) is 13.8 Å². The Morgan fingerprint density at radius 3 is 1.35 bits per heavy atom. The second-order valence-electron chi connectivity index (χ2n) is 9.84. The highest BCUT2D eigenvalue weighted by atomic mass is 19.4. The minimum atomic E-state index is -6.66. The van der Waals surface area contributed by atoms with Crippen LogP contribution in [0.2, 0.25) is 0 Å². The van der Waals surface area contributed by atoms with Crippen LogP contribution in [0.15, 0.2) is 0 Å². The first-order valence-electron chi connectivity index (χ1n) is 11.4. The summed E-state index contributed by atoms with van der Waals surface area (Å²) in [5.74, 6) is -7.74. The molecule has 2 N–H and O–H groups in total. The maximum absolute atomic E-state index is 13.4. The average molecular weight is 618 g/mol. The molecule has 0 aliphatic heterocycles. The molecule has 2 unspecified atom stereocenters. The summed E-state index contributed by atoms with van der Waals surface area (Å²) in [4.78, 5) is 23.7. The van der Waals surface area contributed by atoms with E-state index in [0.29, 0.717) is 6.42 Å². The second kappa shape index (κ2) is 11.6. The van der Waals surface area contributed by atoms with Gasteiger partial charge in [-0.15, -0.1) is 0 Å². The normalized spacial score (nSPS) is 22.1. The molecule has 1 fully saturated rings. The lowest BCUT2D eigenvalue weighted by molar-refractivity contribution is -0.405. The number of ether oxygens (including phenoxy) is 3. The van der Waals surface area contributed by atoms with Crippen LogP contribution < -0.4 is 0 Å². The standard InChI is InChI=1S/C21H26F12O7/c1-4-15(2,3)13(34)38-5-6-39-14(35)40-12-8-10(16(36,18(22,23)24)19(25,26)27)7-11(9-12)17(37,20(28,29)30)21(31,32)33/h10-12,36-37H,4-9H2,1-3H3. The summed E-state index contributed by atoms with van der Waals surface area (Å²) < 4.78 is 174. The van der Waals surface area contributed by atoms with E-state index in [1.54, 1.807) is 6.92 Å². The fraction of sp³-hybridized carbons (Fsp3) is 0.905. The van der Waals surface area contributed by atoms with E-state index in [2.05, 4.69) is 9.47 Å². The van der Waals surface area contributed by atoms with Gasteiger partial charge in [-0.2, -0.15) is 52.7 Å². The number of hydrogen-bond acceptors (Lipinski definition) is 7. The van der Waals surface area contributed by atoms with Crippen molar-refractivity contribution in [3.05, 3.63) is 0 Å². The van der Waals surface area contributed by atoms with E-state index in [0.717, 1.165) is 0 Å². The molecular formula is C21H26F12O7. The molecule has 0 bridgehead atoms. The zero-order chi connectivity index (χ0) is 31.8. The topological polar surface area (TPSA) is 102 Å². The van der Waals surface area contributed by atoms with Crippen molar-refractivity contribution in [2.45, 2.75) is 88.5 Å². The van der Waals surface area contributed by atoms with Crippen molar-refractivity contribution in [1.29, 1.82) is 0 Å². The highest BCUT2D eigenvalue weighted by Crippen LogP contribution is 2.57. The van der Waals surface area contributed by atoms with Crippen molar-refractivity contribution in [2.24, 2.45) is 17.3 Å². The van der Waals surface area contributed by atoms with Gasteiger partial charge in [0.25, 0.3) is 11.2 Å². The molecule has 19 heteroatoms. The maximum Gasteiger partial charge on any atom is 0.508 e. The van der Waals surface area contributed by atoms with Gasteiger partial charge in [0.1, 0.15) is 19.3 Å². The Hall–Kier alpha value is -2.18. The molecule has 1 aliphatic rings. The molecule has 0 heterocycles. The van der Waals surface area contributed by atoms with Crippen molar-refractivity contribution < 1.29 is 86.7 Å². The first-order valence-corrected chi connectivity index (χ1v) is 11.4. The van der Waals surface area contributed by atoms with Gasteiger partial charge in [-0.25, -0.2) is 4.79 Å². The van der Waals surface area contributed by atoms with Crippen LogP contribution in [-0.2, 0) is 19.0 Å². The quantitative estimate of drug-likeness (QED) is 0.207. The molecule has 7 nitrogen and oxygen atoms in total. The third-order valence-electron chi connectivity index (χ3n) is 6.81. The first-order chi connectivity index (χ1) is 17.7. The van der Waals surface area contributed by atoms with Crippen LogP contribution in [-0.4, -0.2) is 77.6 Å². The zero-order valence-electron chi connectivity index (χ0n) is 20.9. The number of alkyl halides is 12. The van der Waals surface area contributed by atoms with E-state index in [9.17, 15) is 72.5 Å². The molecular weight excluding hydrogens is 592 g/mol. The molecule has 0 saturated heterocycles. The summed E-state index contributed by atoms with van der Waals surface area (Å²) in [6.07, 6.45) is -36.5. The Kier molecular flexibility index (Phi) is 10.4. The van der Waals surface area contributed by atoms with Crippen molar-refractivity contribution in [3.63, 3.8) is 0 Å². The summed E-state index contributed by atoms with van der Waals surface area (Å²) in [6, 6.07) is 0. The fourth-order valence-electron chi connectivity index (χ4n) is 4.06. The Morgan fingerprint density at radius 2 is 1.02 bits per heavy atom. The van der Waals surface area contributed by atoms with Gasteiger partial charge in [0.15, 0.2) is 0 Å². The van der Waals surface area contributed by atoms with Gasteiger partial charge in [-0.3, -0.25) is 4.79 Å². The highest BCUT2D eigenvalue weighted by Gasteiger charge is 2.78. The van der Waals surface area contributed by atoms with Gasteiger partial charge in [-0.1, -0.05) is 6.92 Å². The zero-order valence-corrected chi connectivity index (χ0v) is 20.9. The van der Waals surface area contributed by atoms with Gasteiger partial charge in [-0.05, 0) is 39.5 Å². The van der Waals surface area contributed by atoms with E-state index >= 15 is 0 Å². The number of carbonyl (C=O) groups is 2. The molecule has 0 aromatic rings. The lowest BCUT2D eigenvalue weighted by Crippen LogP contribution is -2.67.